The lowest BCUT2D eigenvalue weighted by Crippen LogP contribution is -2.33. The van der Waals surface area contributed by atoms with Crippen LogP contribution in [-0.2, 0) is 0 Å². The van der Waals surface area contributed by atoms with E-state index in [1.165, 1.54) is 0 Å². The summed E-state index contributed by atoms with van der Waals surface area (Å²) >= 11 is 0. The van der Waals surface area contributed by atoms with E-state index in [0.29, 0.717) is 30.9 Å². The summed E-state index contributed by atoms with van der Waals surface area (Å²) in [5.74, 6) is 0.0203. The van der Waals surface area contributed by atoms with E-state index in [9.17, 15) is 9.59 Å². The van der Waals surface area contributed by atoms with E-state index in [1.807, 2.05) is 36.9 Å². The second-order valence-corrected chi connectivity index (χ2v) is 6.64. The molecular weight excluding hydrogens is 328 g/mol. The maximum absolute atomic E-state index is 13.0. The highest BCUT2D eigenvalue weighted by Crippen LogP contribution is 2.28. The molecule has 0 aromatic heterocycles. The molecule has 0 radical (unpaired) electrons. The third-order valence-electron chi connectivity index (χ3n) is 4.80. The van der Waals surface area contributed by atoms with Crippen molar-refractivity contribution in [2.45, 2.75) is 46.5 Å². The molecule has 0 spiro atoms. The lowest BCUT2D eigenvalue weighted by molar-refractivity contribution is 0.0773. The van der Waals surface area contributed by atoms with Crippen molar-refractivity contribution in [1.82, 2.24) is 10.2 Å². The van der Waals surface area contributed by atoms with Crippen molar-refractivity contribution in [3.63, 3.8) is 0 Å². The Morgan fingerprint density at radius 2 is 1.81 bits per heavy atom. The number of unbranched alkanes of at least 4 members (excludes halogenated alkanes) is 1. The molecule has 2 rings (SSSR count). The van der Waals surface area contributed by atoms with Crippen LogP contribution in [0.3, 0.4) is 0 Å². The van der Waals surface area contributed by atoms with E-state index in [2.05, 4.69) is 22.5 Å². The van der Waals surface area contributed by atoms with Crippen LogP contribution in [0.5, 0.6) is 0 Å². The lowest BCUT2D eigenvalue weighted by Gasteiger charge is -2.25. The number of benzene rings is 1. The first-order valence-electron chi connectivity index (χ1n) is 9.83. The Bertz CT molecular complexity index is 608. The third-order valence-corrected chi connectivity index (χ3v) is 4.80. The first-order valence-corrected chi connectivity index (χ1v) is 9.83. The van der Waals surface area contributed by atoms with E-state index < -0.39 is 0 Å². The molecule has 0 aliphatic carbocycles. The molecule has 144 valence electrons. The zero-order valence-corrected chi connectivity index (χ0v) is 16.3. The van der Waals surface area contributed by atoms with Crippen LogP contribution in [0.4, 0.5) is 16.2 Å². The number of urea groups is 1. The SMILES string of the molecule is CCCCNC(=O)Nc1ccc(N2CCCC2)c(C(=O)N(CC)CC)c1. The highest BCUT2D eigenvalue weighted by molar-refractivity contribution is 6.02. The maximum atomic E-state index is 13.0. The molecule has 1 heterocycles. The lowest BCUT2D eigenvalue weighted by atomic mass is 10.1. The van der Waals surface area contributed by atoms with Crippen LogP contribution >= 0.6 is 0 Å². The molecule has 3 amide bonds. The number of amides is 3. The smallest absolute Gasteiger partial charge is 0.319 e. The fourth-order valence-corrected chi connectivity index (χ4v) is 3.25. The zero-order valence-electron chi connectivity index (χ0n) is 16.3. The molecule has 0 saturated carbocycles. The van der Waals surface area contributed by atoms with Crippen LogP contribution in [0.1, 0.15) is 56.8 Å². The zero-order chi connectivity index (χ0) is 18.9. The summed E-state index contributed by atoms with van der Waals surface area (Å²) in [5.41, 5.74) is 2.29. The third kappa shape index (κ3) is 5.13. The first kappa shape index (κ1) is 20.1. The van der Waals surface area contributed by atoms with Crippen molar-refractivity contribution in [3.05, 3.63) is 23.8 Å². The van der Waals surface area contributed by atoms with Crippen molar-refractivity contribution >= 4 is 23.3 Å². The van der Waals surface area contributed by atoms with Crippen molar-refractivity contribution in [2.24, 2.45) is 0 Å². The Balaban J connectivity index is 2.22. The molecule has 0 unspecified atom stereocenters. The van der Waals surface area contributed by atoms with Gasteiger partial charge in [0.15, 0.2) is 0 Å². The van der Waals surface area contributed by atoms with Gasteiger partial charge in [0.05, 0.1) is 5.56 Å². The Morgan fingerprint density at radius 1 is 1.12 bits per heavy atom. The minimum atomic E-state index is -0.228. The van der Waals surface area contributed by atoms with Crippen molar-refractivity contribution in [2.75, 3.05) is 42.9 Å². The van der Waals surface area contributed by atoms with E-state index >= 15 is 0 Å². The van der Waals surface area contributed by atoms with E-state index in [4.69, 9.17) is 0 Å². The van der Waals surface area contributed by atoms with Crippen molar-refractivity contribution in [3.8, 4) is 0 Å². The highest BCUT2D eigenvalue weighted by atomic mass is 16.2. The second kappa shape index (κ2) is 10.0. The predicted octanol–water partition coefficient (Wildman–Crippen LogP) is 3.69. The van der Waals surface area contributed by atoms with Gasteiger partial charge in [-0.1, -0.05) is 13.3 Å². The molecular formula is C20H32N4O2. The predicted molar refractivity (Wildman–Crippen MR) is 107 cm³/mol. The fraction of sp³-hybridized carbons (Fsp3) is 0.600. The summed E-state index contributed by atoms with van der Waals surface area (Å²) in [7, 11) is 0. The molecule has 1 aromatic carbocycles. The number of nitrogens with zero attached hydrogens (tertiary/aromatic N) is 2. The molecule has 1 fully saturated rings. The molecule has 1 aliphatic rings. The molecule has 6 heteroatoms. The van der Waals surface area contributed by atoms with Gasteiger partial charge in [0, 0.05) is 44.1 Å². The Morgan fingerprint density at radius 3 is 2.42 bits per heavy atom. The summed E-state index contributed by atoms with van der Waals surface area (Å²) in [5, 5.41) is 5.69. The summed E-state index contributed by atoms with van der Waals surface area (Å²) in [6.45, 7) is 10.0. The van der Waals surface area contributed by atoms with Gasteiger partial charge in [-0.05, 0) is 51.3 Å². The fourth-order valence-electron chi connectivity index (χ4n) is 3.25. The van der Waals surface area contributed by atoms with Crippen LogP contribution < -0.4 is 15.5 Å². The summed E-state index contributed by atoms with van der Waals surface area (Å²) in [6, 6.07) is 5.43. The molecule has 0 bridgehead atoms. The van der Waals surface area contributed by atoms with Gasteiger partial charge in [0.1, 0.15) is 0 Å². The number of hydrogen-bond donors (Lipinski definition) is 2. The number of rotatable bonds is 8. The van der Waals surface area contributed by atoms with Gasteiger partial charge in [-0.25, -0.2) is 4.79 Å². The summed E-state index contributed by atoms with van der Waals surface area (Å²) in [6.07, 6.45) is 4.29. The first-order chi connectivity index (χ1) is 12.6. The molecule has 2 N–H and O–H groups in total. The monoisotopic (exact) mass is 360 g/mol. The van der Waals surface area contributed by atoms with Crippen molar-refractivity contribution in [1.29, 1.82) is 0 Å². The van der Waals surface area contributed by atoms with E-state index in [-0.39, 0.29) is 11.9 Å². The molecule has 6 nitrogen and oxygen atoms in total. The molecule has 0 atom stereocenters. The number of hydrogen-bond acceptors (Lipinski definition) is 3. The van der Waals surface area contributed by atoms with Gasteiger partial charge in [-0.2, -0.15) is 0 Å². The largest absolute Gasteiger partial charge is 0.371 e. The molecule has 1 aromatic rings. The Hall–Kier alpha value is -2.24. The average molecular weight is 361 g/mol. The minimum absolute atomic E-state index is 0.0203. The quantitative estimate of drug-likeness (QED) is 0.695. The Kier molecular flexibility index (Phi) is 7.75. The van der Waals surface area contributed by atoms with Crippen LogP contribution in [0.25, 0.3) is 0 Å². The number of carbonyl (C=O) groups excluding carboxylic acids is 2. The number of carbonyl (C=O) groups is 2. The van der Waals surface area contributed by atoms with Crippen LogP contribution in [0.2, 0.25) is 0 Å². The summed E-state index contributed by atoms with van der Waals surface area (Å²) in [4.78, 5) is 29.1. The standard InChI is InChI=1S/C20H32N4O2/c1-4-7-12-21-20(26)22-16-10-11-18(24-13-8-9-14-24)17(15-16)19(25)23(5-2)6-3/h10-11,15H,4-9,12-14H2,1-3H3,(H2,21,22,26). The molecule has 26 heavy (non-hydrogen) atoms. The van der Waals surface area contributed by atoms with Gasteiger partial charge in [0.25, 0.3) is 5.91 Å². The van der Waals surface area contributed by atoms with Crippen LogP contribution in [0, 0.1) is 0 Å². The van der Waals surface area contributed by atoms with Gasteiger partial charge in [0.2, 0.25) is 0 Å². The van der Waals surface area contributed by atoms with E-state index in [0.717, 1.165) is 44.5 Å². The van der Waals surface area contributed by atoms with Gasteiger partial charge in [-0.15, -0.1) is 0 Å². The highest BCUT2D eigenvalue weighted by Gasteiger charge is 2.22. The van der Waals surface area contributed by atoms with Crippen LogP contribution in [0.15, 0.2) is 18.2 Å². The second-order valence-electron chi connectivity index (χ2n) is 6.64. The molecule has 1 saturated heterocycles. The van der Waals surface area contributed by atoms with Gasteiger partial charge in [-0.3, -0.25) is 4.79 Å². The van der Waals surface area contributed by atoms with Crippen LogP contribution in [-0.4, -0.2) is 49.6 Å². The summed E-state index contributed by atoms with van der Waals surface area (Å²) < 4.78 is 0. The number of anilines is 2. The minimum Gasteiger partial charge on any atom is -0.371 e. The average Bonchev–Trinajstić information content (AvgIpc) is 3.17. The van der Waals surface area contributed by atoms with Gasteiger partial charge >= 0.3 is 6.03 Å². The maximum Gasteiger partial charge on any atom is 0.319 e. The normalized spacial score (nSPS) is 13.6. The topological polar surface area (TPSA) is 64.7 Å². The van der Waals surface area contributed by atoms with Gasteiger partial charge < -0.3 is 20.4 Å². The van der Waals surface area contributed by atoms with Crippen molar-refractivity contribution < 1.29 is 9.59 Å². The number of nitrogens with one attached hydrogen (secondary N) is 2. The Labute approximate surface area is 156 Å². The van der Waals surface area contributed by atoms with E-state index in [1.54, 1.807) is 0 Å². The molecule has 1 aliphatic heterocycles.